The zero-order valence-corrected chi connectivity index (χ0v) is 25.9. The van der Waals surface area contributed by atoms with E-state index in [-0.39, 0.29) is 24.1 Å². The quantitative estimate of drug-likeness (QED) is 0.257. The number of likely N-dealkylation sites (tertiary alicyclic amines) is 1. The molecule has 6 nitrogen and oxygen atoms in total. The first-order valence-corrected chi connectivity index (χ1v) is 16.2. The molecule has 246 valence electrons. The lowest BCUT2D eigenvalue weighted by Gasteiger charge is -2.42. The average molecular weight is 640 g/mol. The highest BCUT2D eigenvalue weighted by Crippen LogP contribution is 2.43. The van der Waals surface area contributed by atoms with Crippen molar-refractivity contribution in [1.29, 1.82) is 0 Å². The first kappa shape index (κ1) is 32.3. The van der Waals surface area contributed by atoms with Gasteiger partial charge in [0.25, 0.3) is 6.43 Å². The third-order valence-electron chi connectivity index (χ3n) is 9.91. The minimum atomic E-state index is -2.65. The zero-order chi connectivity index (χ0) is 32.3. The van der Waals surface area contributed by atoms with Crippen LogP contribution in [0.25, 0.3) is 0 Å². The largest absolute Gasteiger partial charge is 0.489 e. The molecule has 3 aliphatic heterocycles. The van der Waals surface area contributed by atoms with Gasteiger partial charge in [0.2, 0.25) is 0 Å². The molecule has 1 N–H and O–H groups in total. The lowest BCUT2D eigenvalue weighted by atomic mass is 9.74. The number of carboxylic acids is 1. The number of alkyl halides is 2. The van der Waals surface area contributed by atoms with Gasteiger partial charge in [0.1, 0.15) is 24.0 Å². The number of carbonyl (C=O) groups is 1. The number of nitrogens with zero attached hydrogens (tertiary/aromatic N) is 3. The lowest BCUT2D eigenvalue weighted by molar-refractivity contribution is -0.139. The summed E-state index contributed by atoms with van der Waals surface area (Å²) in [5.74, 6) is -1.72. The Bertz CT molecular complexity index is 1500. The normalized spacial score (nSPS) is 22.5. The lowest BCUT2D eigenvalue weighted by Crippen LogP contribution is -2.45. The third kappa shape index (κ3) is 7.33. The molecule has 0 aliphatic carbocycles. The number of piperidine rings is 1. The Morgan fingerprint density at radius 3 is 2.39 bits per heavy atom. The van der Waals surface area contributed by atoms with E-state index in [4.69, 9.17) is 4.74 Å². The highest BCUT2D eigenvalue weighted by molar-refractivity contribution is 5.69. The molecule has 2 atom stereocenters. The highest BCUT2D eigenvalue weighted by atomic mass is 19.3. The van der Waals surface area contributed by atoms with Crippen LogP contribution in [0.2, 0.25) is 0 Å². The molecule has 0 aromatic heterocycles. The molecule has 0 radical (unpaired) electrons. The van der Waals surface area contributed by atoms with E-state index in [0.717, 1.165) is 56.3 Å². The fourth-order valence-electron chi connectivity index (χ4n) is 7.77. The van der Waals surface area contributed by atoms with Gasteiger partial charge >= 0.3 is 5.97 Å². The molecule has 2 saturated heterocycles. The number of aliphatic carboxylic acids is 1. The van der Waals surface area contributed by atoms with Gasteiger partial charge in [-0.25, -0.2) is 17.6 Å². The maximum atomic E-state index is 16.1. The summed E-state index contributed by atoms with van der Waals surface area (Å²) in [6, 6.07) is 16.7. The Balaban J connectivity index is 1.23. The van der Waals surface area contributed by atoms with E-state index >= 15 is 8.78 Å². The Labute approximate surface area is 267 Å². The van der Waals surface area contributed by atoms with Gasteiger partial charge in [0.15, 0.2) is 0 Å². The van der Waals surface area contributed by atoms with Crippen molar-refractivity contribution in [3.05, 3.63) is 94.6 Å². The number of carboxylic acid groups (broad SMARTS) is 1. The minimum Gasteiger partial charge on any atom is -0.489 e. The molecule has 0 bridgehead atoms. The van der Waals surface area contributed by atoms with Crippen molar-refractivity contribution < 1.29 is 32.2 Å². The summed E-state index contributed by atoms with van der Waals surface area (Å²) in [5, 5.41) is 9.29. The molecule has 3 aliphatic rings. The second-order valence-electron chi connectivity index (χ2n) is 13.0. The second kappa shape index (κ2) is 14.0. The van der Waals surface area contributed by atoms with Gasteiger partial charge in [-0.05, 0) is 91.4 Å². The molecule has 2 unspecified atom stereocenters. The fourth-order valence-corrected chi connectivity index (χ4v) is 7.77. The molecular formula is C36H41F4N3O3. The van der Waals surface area contributed by atoms with Crippen LogP contribution in [-0.4, -0.2) is 73.1 Å². The van der Waals surface area contributed by atoms with E-state index in [0.29, 0.717) is 43.1 Å². The van der Waals surface area contributed by atoms with Gasteiger partial charge in [-0.3, -0.25) is 14.6 Å². The fraction of sp³-hybridized carbons (Fsp3) is 0.472. The maximum Gasteiger partial charge on any atom is 0.317 e. The standard InChI is InChI=1S/C36H41F4N3O3/c37-30-19-27(42-15-5-12-36(13-17-42)11-4-14-41(24-36)22-33(44)45)20-31(38)34(30)35-29-9-8-28(46-23-25-6-2-1-3-7-25)18-26(29)10-16-43(35)21-32(39)40/h1-3,6-9,18-20,32,35H,4-5,10-17,21-24H2,(H,44,45). The van der Waals surface area contributed by atoms with Gasteiger partial charge in [-0.2, -0.15) is 0 Å². The summed E-state index contributed by atoms with van der Waals surface area (Å²) in [5.41, 5.74) is 2.64. The Morgan fingerprint density at radius 2 is 1.67 bits per heavy atom. The van der Waals surface area contributed by atoms with Crippen molar-refractivity contribution in [2.45, 2.75) is 57.6 Å². The zero-order valence-electron chi connectivity index (χ0n) is 25.9. The predicted octanol–water partition coefficient (Wildman–Crippen LogP) is 6.91. The van der Waals surface area contributed by atoms with Crippen molar-refractivity contribution in [2.24, 2.45) is 5.41 Å². The number of hydrogen-bond acceptors (Lipinski definition) is 5. The number of hydrogen-bond donors (Lipinski definition) is 1. The summed E-state index contributed by atoms with van der Waals surface area (Å²) >= 11 is 0. The number of anilines is 1. The average Bonchev–Trinajstić information content (AvgIpc) is 3.22. The number of fused-ring (bicyclic) bond motifs is 1. The molecular weight excluding hydrogens is 598 g/mol. The Kier molecular flexibility index (Phi) is 9.84. The van der Waals surface area contributed by atoms with Crippen LogP contribution in [0.3, 0.4) is 0 Å². The van der Waals surface area contributed by atoms with Gasteiger partial charge in [0.05, 0.1) is 19.1 Å². The number of rotatable bonds is 9. The second-order valence-corrected chi connectivity index (χ2v) is 13.0. The SMILES string of the molecule is O=C(O)CN1CCCC2(CCCN(c3cc(F)c(C4c5ccc(OCc6ccccc6)cc5CCN4CC(F)F)c(F)c3)CC2)C1. The summed E-state index contributed by atoms with van der Waals surface area (Å²) in [6.07, 6.45) is 2.32. The molecule has 2 fully saturated rings. The molecule has 3 aromatic carbocycles. The highest BCUT2D eigenvalue weighted by Gasteiger charge is 2.38. The molecule has 1 spiro atoms. The molecule has 6 rings (SSSR count). The molecule has 3 heterocycles. The van der Waals surface area contributed by atoms with E-state index in [1.807, 2.05) is 46.2 Å². The number of halogens is 4. The number of benzene rings is 3. The van der Waals surface area contributed by atoms with Crippen LogP contribution in [0.5, 0.6) is 5.75 Å². The van der Waals surface area contributed by atoms with Crippen LogP contribution < -0.4 is 9.64 Å². The van der Waals surface area contributed by atoms with Crippen LogP contribution >= 0.6 is 0 Å². The summed E-state index contributed by atoms with van der Waals surface area (Å²) in [4.78, 5) is 16.8. The van der Waals surface area contributed by atoms with Gasteiger partial charge < -0.3 is 14.7 Å². The summed E-state index contributed by atoms with van der Waals surface area (Å²) in [6.45, 7) is 2.76. The number of ether oxygens (including phenoxy) is 1. The van der Waals surface area contributed by atoms with Crippen LogP contribution in [0.1, 0.15) is 60.4 Å². The molecule has 0 amide bonds. The van der Waals surface area contributed by atoms with Crippen LogP contribution in [0.4, 0.5) is 23.2 Å². The maximum absolute atomic E-state index is 16.1. The predicted molar refractivity (Wildman–Crippen MR) is 169 cm³/mol. The van der Waals surface area contributed by atoms with Crippen molar-refractivity contribution in [1.82, 2.24) is 9.80 Å². The smallest absolute Gasteiger partial charge is 0.317 e. The third-order valence-corrected chi connectivity index (χ3v) is 9.91. The van der Waals surface area contributed by atoms with E-state index in [1.54, 1.807) is 12.1 Å². The topological polar surface area (TPSA) is 56.3 Å². The first-order valence-electron chi connectivity index (χ1n) is 16.2. The van der Waals surface area contributed by atoms with E-state index in [1.165, 1.54) is 17.0 Å². The van der Waals surface area contributed by atoms with E-state index in [2.05, 4.69) is 0 Å². The van der Waals surface area contributed by atoms with E-state index < -0.39 is 36.6 Å². The Hall–Kier alpha value is -3.63. The molecule has 10 heteroatoms. The van der Waals surface area contributed by atoms with Crippen molar-refractivity contribution >= 4 is 11.7 Å². The first-order chi connectivity index (χ1) is 22.2. The summed E-state index contributed by atoms with van der Waals surface area (Å²) in [7, 11) is 0. The van der Waals surface area contributed by atoms with Crippen LogP contribution in [0, 0.1) is 17.0 Å². The van der Waals surface area contributed by atoms with Gasteiger partial charge in [-0.15, -0.1) is 0 Å². The minimum absolute atomic E-state index is 0.00920. The Morgan fingerprint density at radius 1 is 0.935 bits per heavy atom. The molecule has 3 aromatic rings. The van der Waals surface area contributed by atoms with Crippen molar-refractivity contribution in [3.63, 3.8) is 0 Å². The summed E-state index contributed by atoms with van der Waals surface area (Å²) < 4.78 is 65.6. The van der Waals surface area contributed by atoms with Crippen LogP contribution in [0.15, 0.2) is 60.7 Å². The molecule has 0 saturated carbocycles. The monoisotopic (exact) mass is 639 g/mol. The molecule has 46 heavy (non-hydrogen) atoms. The van der Waals surface area contributed by atoms with Crippen LogP contribution in [-0.2, 0) is 17.8 Å². The van der Waals surface area contributed by atoms with Crippen molar-refractivity contribution in [2.75, 3.05) is 50.7 Å². The van der Waals surface area contributed by atoms with Gasteiger partial charge in [0, 0.05) is 37.4 Å². The van der Waals surface area contributed by atoms with Gasteiger partial charge in [-0.1, -0.05) is 36.4 Å². The van der Waals surface area contributed by atoms with Crippen molar-refractivity contribution in [3.8, 4) is 5.75 Å². The van der Waals surface area contributed by atoms with E-state index in [9.17, 15) is 18.7 Å².